The van der Waals surface area contributed by atoms with E-state index in [0.29, 0.717) is 30.9 Å². The van der Waals surface area contributed by atoms with E-state index in [9.17, 15) is 10.2 Å². The Labute approximate surface area is 262 Å². The maximum atomic E-state index is 9.92. The zero-order chi connectivity index (χ0) is 32.1. The van der Waals surface area contributed by atoms with Crippen LogP contribution in [-0.4, -0.2) is 98.8 Å². The van der Waals surface area contributed by atoms with Gasteiger partial charge in [0.05, 0.1) is 13.2 Å². The number of nitrogens with one attached hydrogen (secondary N) is 2. The van der Waals surface area contributed by atoms with Crippen LogP contribution >= 0.6 is 0 Å². The van der Waals surface area contributed by atoms with Crippen LogP contribution in [0.5, 0.6) is 0 Å². The molecule has 0 radical (unpaired) electrons. The molecular formula is C33H64N8O2. The predicted molar refractivity (Wildman–Crippen MR) is 179 cm³/mol. The zero-order valence-corrected chi connectivity index (χ0v) is 29.1. The highest BCUT2D eigenvalue weighted by molar-refractivity contribution is 5.48. The first kappa shape index (κ1) is 35.7. The van der Waals surface area contributed by atoms with Crippen LogP contribution in [0.3, 0.4) is 0 Å². The van der Waals surface area contributed by atoms with Crippen LogP contribution in [0.4, 0.5) is 17.8 Å². The molecule has 1 aromatic rings. The SMILES string of the molecule is CCCCN(c1nc(N(CCO)CCO)nc(N(CCCC)C2CC(C)(C)NC(C)(C)C2)n1)C1CC(C)(C)NC(C)(C)C1. The van der Waals surface area contributed by atoms with E-state index in [1.165, 1.54) is 0 Å². The number of aromatic nitrogens is 3. The van der Waals surface area contributed by atoms with Gasteiger partial charge in [0.2, 0.25) is 17.8 Å². The van der Waals surface area contributed by atoms with E-state index in [4.69, 9.17) is 15.0 Å². The van der Waals surface area contributed by atoms with Crippen LogP contribution in [-0.2, 0) is 0 Å². The summed E-state index contributed by atoms with van der Waals surface area (Å²) < 4.78 is 0. The number of piperidine rings is 2. The lowest BCUT2D eigenvalue weighted by atomic mass is 9.79. The molecule has 0 atom stereocenters. The van der Waals surface area contributed by atoms with Crippen molar-refractivity contribution >= 4 is 17.8 Å². The van der Waals surface area contributed by atoms with Crippen LogP contribution in [0, 0.1) is 0 Å². The molecule has 2 aliphatic heterocycles. The van der Waals surface area contributed by atoms with Gasteiger partial charge in [-0.05, 0) is 93.9 Å². The molecule has 4 N–H and O–H groups in total. The summed E-state index contributed by atoms with van der Waals surface area (Å²) in [6, 6.07) is 0.539. The Bertz CT molecular complexity index is 908. The Morgan fingerprint density at radius 2 is 0.907 bits per heavy atom. The Morgan fingerprint density at radius 3 is 1.21 bits per heavy atom. The number of aliphatic hydroxyl groups excluding tert-OH is 2. The van der Waals surface area contributed by atoms with Gasteiger partial charge < -0.3 is 35.5 Å². The van der Waals surface area contributed by atoms with E-state index in [1.54, 1.807) is 0 Å². The standard InChI is InChI=1S/C33H64N8O2/c1-11-13-15-40(25-21-30(3,4)37-31(5,6)22-25)28-34-27(39(17-19-42)18-20-43)35-29(36-28)41(16-14-12-2)26-23-32(7,8)38-33(9,10)24-26/h25-26,37-38,42-43H,11-24H2,1-10H3. The van der Waals surface area contributed by atoms with Gasteiger partial charge in [0.25, 0.3) is 0 Å². The summed E-state index contributed by atoms with van der Waals surface area (Å²) in [6.07, 6.45) is 8.23. The highest BCUT2D eigenvalue weighted by Gasteiger charge is 2.43. The summed E-state index contributed by atoms with van der Waals surface area (Å²) in [5, 5.41) is 27.5. The van der Waals surface area contributed by atoms with Gasteiger partial charge in [-0.1, -0.05) is 26.7 Å². The molecule has 0 spiro atoms. The molecule has 0 unspecified atom stereocenters. The number of aliphatic hydroxyl groups is 2. The van der Waals surface area contributed by atoms with Crippen molar-refractivity contribution in [3.05, 3.63) is 0 Å². The molecule has 0 saturated carbocycles. The molecule has 0 aliphatic carbocycles. The summed E-state index contributed by atoms with van der Waals surface area (Å²) >= 11 is 0. The van der Waals surface area contributed by atoms with Gasteiger partial charge in [-0.15, -0.1) is 0 Å². The largest absolute Gasteiger partial charge is 0.395 e. The van der Waals surface area contributed by atoms with Gasteiger partial charge in [-0.3, -0.25) is 0 Å². The first-order valence-corrected chi connectivity index (χ1v) is 16.9. The summed E-state index contributed by atoms with van der Waals surface area (Å²) in [4.78, 5) is 22.3. The van der Waals surface area contributed by atoms with Crippen LogP contribution < -0.4 is 25.3 Å². The smallest absolute Gasteiger partial charge is 0.232 e. The fraction of sp³-hybridized carbons (Fsp3) is 0.909. The number of hydrogen-bond donors (Lipinski definition) is 4. The van der Waals surface area contributed by atoms with Gasteiger partial charge in [0, 0.05) is 60.4 Å². The topological polar surface area (TPSA) is 113 Å². The molecule has 2 aliphatic rings. The van der Waals surface area contributed by atoms with Gasteiger partial charge in [0.15, 0.2) is 0 Å². The maximum Gasteiger partial charge on any atom is 0.232 e. The van der Waals surface area contributed by atoms with E-state index in [0.717, 1.165) is 64.5 Å². The second kappa shape index (κ2) is 14.6. The van der Waals surface area contributed by atoms with E-state index in [1.807, 2.05) is 4.90 Å². The molecule has 1 aromatic heterocycles. The van der Waals surface area contributed by atoms with Crippen LogP contribution in [0.2, 0.25) is 0 Å². The lowest BCUT2D eigenvalue weighted by Crippen LogP contribution is -2.63. The Balaban J connectivity index is 2.19. The molecule has 2 saturated heterocycles. The lowest BCUT2D eigenvalue weighted by Gasteiger charge is -2.50. The van der Waals surface area contributed by atoms with Crippen molar-refractivity contribution in [3.8, 4) is 0 Å². The van der Waals surface area contributed by atoms with Gasteiger partial charge in [0.1, 0.15) is 0 Å². The number of anilines is 3. The fourth-order valence-corrected chi connectivity index (χ4v) is 7.82. The summed E-state index contributed by atoms with van der Waals surface area (Å²) in [5.74, 6) is 1.95. The average Bonchev–Trinajstić information content (AvgIpc) is 2.85. The fourth-order valence-electron chi connectivity index (χ4n) is 7.82. The zero-order valence-electron chi connectivity index (χ0n) is 29.1. The minimum absolute atomic E-state index is 0.0190. The van der Waals surface area contributed by atoms with Gasteiger partial charge in [-0.25, -0.2) is 0 Å². The summed E-state index contributed by atoms with van der Waals surface area (Å²) in [7, 11) is 0. The van der Waals surface area contributed by atoms with Crippen LogP contribution in [0.1, 0.15) is 121 Å². The van der Waals surface area contributed by atoms with E-state index in [2.05, 4.69) is 89.7 Å². The second-order valence-electron chi connectivity index (χ2n) is 15.7. The molecule has 2 fully saturated rings. The van der Waals surface area contributed by atoms with Crippen molar-refractivity contribution in [2.24, 2.45) is 0 Å². The van der Waals surface area contributed by atoms with E-state index >= 15 is 0 Å². The van der Waals surface area contributed by atoms with Crippen LogP contribution in [0.15, 0.2) is 0 Å². The number of unbranched alkanes of at least 4 members (excludes halogenated alkanes) is 2. The van der Waals surface area contributed by atoms with E-state index in [-0.39, 0.29) is 47.5 Å². The Kier molecular flexibility index (Phi) is 12.1. The first-order chi connectivity index (χ1) is 20.0. The Hall–Kier alpha value is -1.75. The minimum atomic E-state index is -0.0389. The third-order valence-electron chi connectivity index (χ3n) is 8.86. The quantitative estimate of drug-likeness (QED) is 0.228. The monoisotopic (exact) mass is 605 g/mol. The third-order valence-corrected chi connectivity index (χ3v) is 8.86. The van der Waals surface area contributed by atoms with Crippen molar-refractivity contribution in [1.29, 1.82) is 0 Å². The Morgan fingerprint density at radius 1 is 0.581 bits per heavy atom. The summed E-state index contributed by atoms with van der Waals surface area (Å²) in [5.41, 5.74) is -0.0762. The van der Waals surface area contributed by atoms with Gasteiger partial charge in [-0.2, -0.15) is 15.0 Å². The predicted octanol–water partition coefficient (Wildman–Crippen LogP) is 4.49. The number of nitrogens with zero attached hydrogens (tertiary/aromatic N) is 6. The molecular weight excluding hydrogens is 540 g/mol. The van der Waals surface area contributed by atoms with Crippen molar-refractivity contribution in [3.63, 3.8) is 0 Å². The molecule has 0 amide bonds. The molecule has 43 heavy (non-hydrogen) atoms. The normalized spacial score (nSPS) is 21.5. The third kappa shape index (κ3) is 10.1. The van der Waals surface area contributed by atoms with E-state index < -0.39 is 0 Å². The summed E-state index contributed by atoms with van der Waals surface area (Å²) in [6.45, 7) is 25.2. The van der Waals surface area contributed by atoms with Gasteiger partial charge >= 0.3 is 0 Å². The first-order valence-electron chi connectivity index (χ1n) is 16.9. The highest BCUT2D eigenvalue weighted by atomic mass is 16.3. The molecule has 10 nitrogen and oxygen atoms in total. The maximum absolute atomic E-state index is 9.92. The number of rotatable bonds is 15. The van der Waals surface area contributed by atoms with Crippen molar-refractivity contribution in [1.82, 2.24) is 25.6 Å². The molecule has 10 heteroatoms. The van der Waals surface area contributed by atoms with Crippen molar-refractivity contribution in [2.45, 2.75) is 155 Å². The molecule has 0 aromatic carbocycles. The lowest BCUT2D eigenvalue weighted by molar-refractivity contribution is 0.157. The number of hydrogen-bond acceptors (Lipinski definition) is 10. The average molecular weight is 605 g/mol. The molecule has 3 rings (SSSR count). The highest BCUT2D eigenvalue weighted by Crippen LogP contribution is 2.36. The molecule has 248 valence electrons. The van der Waals surface area contributed by atoms with Crippen LogP contribution in [0.25, 0.3) is 0 Å². The second-order valence-corrected chi connectivity index (χ2v) is 15.7. The minimum Gasteiger partial charge on any atom is -0.395 e. The molecule has 3 heterocycles. The van der Waals surface area contributed by atoms with Crippen molar-refractivity contribution in [2.75, 3.05) is 54.1 Å². The molecule has 0 bridgehead atoms. The van der Waals surface area contributed by atoms with Crippen molar-refractivity contribution < 1.29 is 10.2 Å².